The lowest BCUT2D eigenvalue weighted by Crippen LogP contribution is -1.99. The van der Waals surface area contributed by atoms with E-state index in [9.17, 15) is 4.39 Å². The van der Waals surface area contributed by atoms with Gasteiger partial charge in [-0.25, -0.2) is 9.37 Å². The molecule has 2 aromatic carbocycles. The predicted molar refractivity (Wildman–Crippen MR) is 84.1 cm³/mol. The van der Waals surface area contributed by atoms with Gasteiger partial charge >= 0.3 is 0 Å². The van der Waals surface area contributed by atoms with E-state index in [0.29, 0.717) is 11.1 Å². The van der Waals surface area contributed by atoms with Gasteiger partial charge in [0.2, 0.25) is 0 Å². The summed E-state index contributed by atoms with van der Waals surface area (Å²) in [6, 6.07) is 18.2. The zero-order valence-corrected chi connectivity index (χ0v) is 12.0. The second-order valence-electron chi connectivity index (χ2n) is 4.75. The van der Waals surface area contributed by atoms with Crippen molar-refractivity contribution in [3.05, 3.63) is 82.5 Å². The quantitative estimate of drug-likeness (QED) is 0.719. The van der Waals surface area contributed by atoms with Crippen LogP contribution in [-0.4, -0.2) is 9.97 Å². The predicted octanol–water partition coefficient (Wildman–Crippen LogP) is 4.54. The first-order valence-electron chi connectivity index (χ1n) is 6.61. The molecule has 0 aliphatic heterocycles. The molecular weight excluding hydrogens is 283 g/mol. The van der Waals surface area contributed by atoms with E-state index in [4.69, 9.17) is 12.2 Å². The van der Waals surface area contributed by atoms with Gasteiger partial charge < -0.3 is 4.98 Å². The fraction of sp³-hybridized carbons (Fsp3) is 0.0588. The van der Waals surface area contributed by atoms with Crippen LogP contribution in [0.2, 0.25) is 0 Å². The largest absolute Gasteiger partial charge is 0.343 e. The summed E-state index contributed by atoms with van der Waals surface area (Å²) >= 11 is 5.23. The molecule has 3 rings (SSSR count). The molecule has 0 saturated heterocycles. The summed E-state index contributed by atoms with van der Waals surface area (Å²) in [4.78, 5) is 7.64. The Kier molecular flexibility index (Phi) is 3.88. The van der Waals surface area contributed by atoms with Crippen molar-refractivity contribution in [1.82, 2.24) is 9.97 Å². The number of hydrogen-bond acceptors (Lipinski definition) is 2. The van der Waals surface area contributed by atoms with Crippen LogP contribution in [0.5, 0.6) is 0 Å². The SMILES string of the molecule is Fc1ccc(Cc2nc(=S)cc(-c3ccccc3)[nH]2)cc1. The van der Waals surface area contributed by atoms with Gasteiger partial charge in [-0.15, -0.1) is 0 Å². The molecule has 0 spiro atoms. The Morgan fingerprint density at radius 3 is 2.43 bits per heavy atom. The van der Waals surface area contributed by atoms with Crippen LogP contribution in [-0.2, 0) is 6.42 Å². The van der Waals surface area contributed by atoms with Crippen molar-refractivity contribution in [2.24, 2.45) is 0 Å². The number of H-pyrrole nitrogens is 1. The fourth-order valence-electron chi connectivity index (χ4n) is 2.16. The first kappa shape index (κ1) is 13.6. The molecular formula is C17H13FN2S. The molecule has 1 aromatic heterocycles. The number of hydrogen-bond donors (Lipinski definition) is 1. The number of aromatic amines is 1. The molecule has 0 bridgehead atoms. The molecule has 0 aliphatic rings. The summed E-state index contributed by atoms with van der Waals surface area (Å²) in [5, 5.41) is 0. The lowest BCUT2D eigenvalue weighted by atomic mass is 10.1. The Morgan fingerprint density at radius 2 is 1.71 bits per heavy atom. The highest BCUT2D eigenvalue weighted by molar-refractivity contribution is 7.71. The van der Waals surface area contributed by atoms with Gasteiger partial charge in [0.25, 0.3) is 0 Å². The minimum atomic E-state index is -0.238. The molecule has 2 nitrogen and oxygen atoms in total. The highest BCUT2D eigenvalue weighted by Gasteiger charge is 2.03. The van der Waals surface area contributed by atoms with Crippen LogP contribution < -0.4 is 0 Å². The molecule has 0 fully saturated rings. The van der Waals surface area contributed by atoms with E-state index in [1.54, 1.807) is 12.1 Å². The summed E-state index contributed by atoms with van der Waals surface area (Å²) in [5.74, 6) is 0.533. The molecule has 1 N–H and O–H groups in total. The third-order valence-corrected chi connectivity index (χ3v) is 3.37. The normalized spacial score (nSPS) is 10.5. The Labute approximate surface area is 127 Å². The van der Waals surface area contributed by atoms with E-state index in [2.05, 4.69) is 9.97 Å². The maximum Gasteiger partial charge on any atom is 0.130 e. The van der Waals surface area contributed by atoms with E-state index in [0.717, 1.165) is 22.6 Å². The molecule has 0 atom stereocenters. The van der Waals surface area contributed by atoms with Crippen LogP contribution in [0.4, 0.5) is 4.39 Å². The molecule has 0 aliphatic carbocycles. The number of aromatic nitrogens is 2. The summed E-state index contributed by atoms with van der Waals surface area (Å²) < 4.78 is 13.5. The van der Waals surface area contributed by atoms with Crippen molar-refractivity contribution >= 4 is 12.2 Å². The lowest BCUT2D eigenvalue weighted by Gasteiger charge is -2.06. The van der Waals surface area contributed by atoms with Crippen LogP contribution in [0.15, 0.2) is 60.7 Å². The van der Waals surface area contributed by atoms with Gasteiger partial charge in [-0.1, -0.05) is 54.7 Å². The van der Waals surface area contributed by atoms with Gasteiger partial charge in [0.15, 0.2) is 0 Å². The molecule has 1 heterocycles. The van der Waals surface area contributed by atoms with Crippen molar-refractivity contribution in [1.29, 1.82) is 0 Å². The average molecular weight is 296 g/mol. The van der Waals surface area contributed by atoms with E-state index in [1.165, 1.54) is 12.1 Å². The van der Waals surface area contributed by atoms with Crippen LogP contribution in [0.25, 0.3) is 11.3 Å². The number of nitrogens with zero attached hydrogens (tertiary/aromatic N) is 1. The number of halogens is 1. The maximum absolute atomic E-state index is 12.9. The summed E-state index contributed by atoms with van der Waals surface area (Å²) in [7, 11) is 0. The van der Waals surface area contributed by atoms with Crippen LogP contribution in [0, 0.1) is 10.5 Å². The van der Waals surface area contributed by atoms with Gasteiger partial charge in [-0.05, 0) is 29.3 Å². The Morgan fingerprint density at radius 1 is 1.00 bits per heavy atom. The van der Waals surface area contributed by atoms with Crippen molar-refractivity contribution in [2.45, 2.75) is 6.42 Å². The third-order valence-electron chi connectivity index (χ3n) is 3.16. The minimum Gasteiger partial charge on any atom is -0.343 e. The molecule has 4 heteroatoms. The smallest absolute Gasteiger partial charge is 0.130 e. The van der Waals surface area contributed by atoms with Crippen LogP contribution in [0.1, 0.15) is 11.4 Å². The first-order valence-corrected chi connectivity index (χ1v) is 7.02. The van der Waals surface area contributed by atoms with E-state index in [1.807, 2.05) is 36.4 Å². The molecule has 0 unspecified atom stereocenters. The molecule has 0 amide bonds. The van der Waals surface area contributed by atoms with Crippen LogP contribution >= 0.6 is 12.2 Å². The second-order valence-corrected chi connectivity index (χ2v) is 5.17. The standard InChI is InChI=1S/C17H13FN2S/c18-14-8-6-12(7-9-14)10-16-19-15(11-17(21)20-16)13-4-2-1-3-5-13/h1-9,11H,10H2,(H,19,20,21). The van der Waals surface area contributed by atoms with Crippen molar-refractivity contribution in [3.8, 4) is 11.3 Å². The van der Waals surface area contributed by atoms with Crippen molar-refractivity contribution in [3.63, 3.8) is 0 Å². The average Bonchev–Trinajstić information content (AvgIpc) is 2.50. The molecule has 0 saturated carbocycles. The topological polar surface area (TPSA) is 28.7 Å². The highest BCUT2D eigenvalue weighted by atomic mass is 32.1. The zero-order valence-electron chi connectivity index (χ0n) is 11.2. The summed E-state index contributed by atoms with van der Waals surface area (Å²) in [6.07, 6.45) is 0.588. The first-order chi connectivity index (χ1) is 10.2. The number of nitrogens with one attached hydrogen (secondary N) is 1. The fourth-order valence-corrected chi connectivity index (χ4v) is 2.39. The molecule has 104 valence electrons. The van der Waals surface area contributed by atoms with Crippen molar-refractivity contribution < 1.29 is 4.39 Å². The number of rotatable bonds is 3. The Balaban J connectivity index is 1.95. The molecule has 21 heavy (non-hydrogen) atoms. The van der Waals surface area contributed by atoms with E-state index >= 15 is 0 Å². The third kappa shape index (κ3) is 3.41. The monoisotopic (exact) mass is 296 g/mol. The van der Waals surface area contributed by atoms with Gasteiger partial charge in [0, 0.05) is 12.1 Å². The Bertz CT molecular complexity index is 795. The maximum atomic E-state index is 12.9. The second kappa shape index (κ2) is 5.97. The Hall–Kier alpha value is -2.33. The number of benzene rings is 2. The zero-order chi connectivity index (χ0) is 14.7. The lowest BCUT2D eigenvalue weighted by molar-refractivity contribution is 0.627. The molecule has 3 aromatic rings. The highest BCUT2D eigenvalue weighted by Crippen LogP contribution is 2.17. The van der Waals surface area contributed by atoms with Crippen LogP contribution in [0.3, 0.4) is 0 Å². The van der Waals surface area contributed by atoms with E-state index in [-0.39, 0.29) is 5.82 Å². The van der Waals surface area contributed by atoms with Gasteiger partial charge in [-0.2, -0.15) is 0 Å². The van der Waals surface area contributed by atoms with Gasteiger partial charge in [0.1, 0.15) is 16.3 Å². The van der Waals surface area contributed by atoms with E-state index < -0.39 is 0 Å². The molecule has 0 radical (unpaired) electrons. The van der Waals surface area contributed by atoms with Gasteiger partial charge in [-0.3, -0.25) is 0 Å². The summed E-state index contributed by atoms with van der Waals surface area (Å²) in [6.45, 7) is 0. The minimum absolute atomic E-state index is 0.238. The summed E-state index contributed by atoms with van der Waals surface area (Å²) in [5.41, 5.74) is 2.99. The van der Waals surface area contributed by atoms with Crippen molar-refractivity contribution in [2.75, 3.05) is 0 Å². The van der Waals surface area contributed by atoms with Gasteiger partial charge in [0.05, 0.1) is 0 Å².